The van der Waals surface area contributed by atoms with Gasteiger partial charge in [0, 0.05) is 25.7 Å². The van der Waals surface area contributed by atoms with Crippen molar-refractivity contribution < 1.29 is 77.9 Å². The fraction of sp³-hybridized carbons (Fsp3) is 0.846. The molecule has 4 saturated carbocycles. The first-order valence-electron chi connectivity index (χ1n) is 19.6. The van der Waals surface area contributed by atoms with Crippen LogP contribution < -0.4 is 0 Å². The molecule has 310 valence electrons. The van der Waals surface area contributed by atoms with Gasteiger partial charge in [0.15, 0.2) is 24.8 Å². The number of aliphatic carboxylic acids is 1. The predicted molar refractivity (Wildman–Crippen MR) is 187 cm³/mol. The number of aliphatic hydroxyl groups is 4. The zero-order valence-corrected chi connectivity index (χ0v) is 32.2. The summed E-state index contributed by atoms with van der Waals surface area (Å²) in [5.41, 5.74) is -0.147. The Kier molecular flexibility index (Phi) is 12.4. The molecule has 16 nitrogen and oxygen atoms in total. The lowest BCUT2D eigenvalue weighted by molar-refractivity contribution is -0.358. The molecule has 0 aromatic rings. The molecule has 2 bridgehead atoms. The van der Waals surface area contributed by atoms with Crippen LogP contribution in [0.2, 0.25) is 0 Å². The van der Waals surface area contributed by atoms with E-state index in [9.17, 15) is 44.7 Å². The summed E-state index contributed by atoms with van der Waals surface area (Å²) >= 11 is 0. The van der Waals surface area contributed by atoms with Crippen molar-refractivity contribution in [1.82, 2.24) is 0 Å². The second-order valence-corrected chi connectivity index (χ2v) is 17.4. The predicted octanol–water partition coefficient (Wildman–Crippen LogP) is 1.62. The maximum Gasteiger partial charge on any atom is 0.306 e. The summed E-state index contributed by atoms with van der Waals surface area (Å²) in [6.45, 7) is 11.4. The van der Waals surface area contributed by atoms with E-state index >= 15 is 0 Å². The van der Waals surface area contributed by atoms with E-state index in [-0.39, 0.29) is 36.5 Å². The Balaban J connectivity index is 1.37. The van der Waals surface area contributed by atoms with Crippen LogP contribution in [0.1, 0.15) is 86.0 Å². The summed E-state index contributed by atoms with van der Waals surface area (Å²) in [4.78, 5) is 51.0. The molecular formula is C39H58O16. The molecule has 2 saturated heterocycles. The van der Waals surface area contributed by atoms with Crippen molar-refractivity contribution in [2.45, 2.75) is 154 Å². The number of carboxylic acid groups (broad SMARTS) is 1. The number of esters is 3. The van der Waals surface area contributed by atoms with Gasteiger partial charge in [-0.15, -0.1) is 0 Å². The molecule has 0 aromatic heterocycles. The molecular weight excluding hydrogens is 724 g/mol. The van der Waals surface area contributed by atoms with Gasteiger partial charge in [0.1, 0.15) is 37.1 Å². The zero-order valence-electron chi connectivity index (χ0n) is 32.2. The summed E-state index contributed by atoms with van der Waals surface area (Å²) in [5, 5.41) is 53.7. The second kappa shape index (κ2) is 16.3. The summed E-state index contributed by atoms with van der Waals surface area (Å²) in [6.07, 6.45) is -11.0. The molecule has 6 fully saturated rings. The van der Waals surface area contributed by atoms with E-state index in [1.165, 1.54) is 6.92 Å². The average molecular weight is 783 g/mol. The van der Waals surface area contributed by atoms with Crippen molar-refractivity contribution in [3.63, 3.8) is 0 Å². The van der Waals surface area contributed by atoms with Crippen molar-refractivity contribution in [3.05, 3.63) is 12.2 Å². The minimum atomic E-state index is -1.79. The fourth-order valence-electron chi connectivity index (χ4n) is 11.0. The van der Waals surface area contributed by atoms with Gasteiger partial charge in [-0.1, -0.05) is 27.4 Å². The van der Waals surface area contributed by atoms with E-state index < -0.39 is 121 Å². The number of ether oxygens (including phenoxy) is 7. The van der Waals surface area contributed by atoms with E-state index in [1.807, 2.05) is 13.8 Å². The lowest BCUT2D eigenvalue weighted by Crippen LogP contribution is -2.66. The molecule has 55 heavy (non-hydrogen) atoms. The summed E-state index contributed by atoms with van der Waals surface area (Å²) in [6, 6.07) is 0. The molecule has 4 aliphatic carbocycles. The van der Waals surface area contributed by atoms with Gasteiger partial charge in [0.05, 0.1) is 24.7 Å². The molecule has 5 N–H and O–H groups in total. The van der Waals surface area contributed by atoms with Gasteiger partial charge in [0.25, 0.3) is 0 Å². The van der Waals surface area contributed by atoms with Crippen LogP contribution in [-0.4, -0.2) is 130 Å². The van der Waals surface area contributed by atoms with Crippen LogP contribution in [0.5, 0.6) is 0 Å². The Morgan fingerprint density at radius 1 is 0.909 bits per heavy atom. The van der Waals surface area contributed by atoms with Gasteiger partial charge in [-0.25, -0.2) is 0 Å². The number of hydrogen-bond donors (Lipinski definition) is 5. The van der Waals surface area contributed by atoms with Crippen LogP contribution in [0, 0.1) is 40.4 Å². The highest BCUT2D eigenvalue weighted by atomic mass is 16.8. The van der Waals surface area contributed by atoms with Crippen molar-refractivity contribution in [2.24, 2.45) is 40.4 Å². The Hall–Kier alpha value is -2.70. The first kappa shape index (κ1) is 41.9. The molecule has 1 spiro atoms. The topological polar surface area (TPSA) is 234 Å². The largest absolute Gasteiger partial charge is 0.481 e. The Morgan fingerprint density at radius 2 is 1.64 bits per heavy atom. The highest BCUT2D eigenvalue weighted by molar-refractivity contribution is 5.71. The molecule has 0 radical (unpaired) electrons. The first-order valence-corrected chi connectivity index (χ1v) is 19.6. The van der Waals surface area contributed by atoms with Crippen molar-refractivity contribution in [3.8, 4) is 0 Å². The zero-order chi connectivity index (χ0) is 40.1. The van der Waals surface area contributed by atoms with Gasteiger partial charge < -0.3 is 58.7 Å². The number of rotatable bonds is 11. The number of carbonyl (C=O) groups excluding carboxylic acids is 3. The highest BCUT2D eigenvalue weighted by Gasteiger charge is 2.67. The van der Waals surface area contributed by atoms with Gasteiger partial charge in [-0.2, -0.15) is 0 Å². The van der Waals surface area contributed by atoms with Crippen LogP contribution in [-0.2, 0) is 52.3 Å². The molecule has 2 heterocycles. The average Bonchev–Trinajstić information content (AvgIpc) is 3.27. The minimum absolute atomic E-state index is 0.0164. The quantitative estimate of drug-likeness (QED) is 0.0867. The molecule has 6 aliphatic rings. The third kappa shape index (κ3) is 8.07. The van der Waals surface area contributed by atoms with Gasteiger partial charge in [-0.3, -0.25) is 19.2 Å². The van der Waals surface area contributed by atoms with E-state index in [2.05, 4.69) is 13.5 Å². The number of aliphatic hydroxyl groups excluding tert-OH is 4. The summed E-state index contributed by atoms with van der Waals surface area (Å²) in [7, 11) is 0. The lowest BCUT2D eigenvalue weighted by Gasteiger charge is -2.62. The number of carbonyl (C=O) groups is 4. The minimum Gasteiger partial charge on any atom is -0.481 e. The van der Waals surface area contributed by atoms with Gasteiger partial charge in [-0.05, 0) is 79.6 Å². The molecule has 17 atom stereocenters. The van der Waals surface area contributed by atoms with Gasteiger partial charge in [0.2, 0.25) is 0 Å². The molecule has 0 aromatic carbocycles. The van der Waals surface area contributed by atoms with Crippen molar-refractivity contribution in [2.75, 3.05) is 13.2 Å². The van der Waals surface area contributed by atoms with Gasteiger partial charge >= 0.3 is 23.9 Å². The SMILES string of the molecule is C=C1[C@@H]2CC[C@H]3[C@]4(C)C[C@H](O[C@@H]5O[C@H](COC(C)=O)[C@@H](OC(C)=O)[C@H](O[C@@H]6OC[C@H](O)[C@H](O)[C@H]6O)[C@H]5OC(=O)CC(C)C)C[C@@H](C(=O)O)[C@H]4CC[C@]3(C2)[C@H]1O. The van der Waals surface area contributed by atoms with E-state index in [4.69, 9.17) is 33.2 Å². The number of hydrogen-bond acceptors (Lipinski definition) is 15. The van der Waals surface area contributed by atoms with Crippen LogP contribution in [0.25, 0.3) is 0 Å². The highest BCUT2D eigenvalue weighted by Crippen LogP contribution is 2.70. The number of fused-ring (bicyclic) bond motifs is 3. The van der Waals surface area contributed by atoms with Crippen LogP contribution in [0.3, 0.4) is 0 Å². The van der Waals surface area contributed by atoms with Crippen LogP contribution in [0.4, 0.5) is 0 Å². The van der Waals surface area contributed by atoms with Crippen LogP contribution in [0.15, 0.2) is 12.2 Å². The molecule has 6 rings (SSSR count). The molecule has 16 heteroatoms. The standard InChI is InChI=1S/C39H58O16/c1-17(2)11-28(43)54-33-32(55-36-30(45)29(44)25(42)15-50-36)31(51-20(5)41)26(16-49-19(4)40)53-37(33)52-22-12-23(35(47)48)24-9-10-39-13-21(18(3)34(39)46)7-8-27(39)38(24,6)14-22/h17,21-27,29-34,36-37,42,44-46H,3,7-16H2,1-2,4-6H3,(H,47,48)/t21-,22-,23-,24-,25+,26-,27+,29+,30-,31-,32+,33-,34+,36+,37-,38-,39-/m1/s1. The fourth-order valence-corrected chi connectivity index (χ4v) is 11.0. The Morgan fingerprint density at radius 3 is 2.29 bits per heavy atom. The van der Waals surface area contributed by atoms with Crippen molar-refractivity contribution in [1.29, 1.82) is 0 Å². The normalized spacial score (nSPS) is 45.3. The van der Waals surface area contributed by atoms with E-state index in [0.29, 0.717) is 19.3 Å². The first-order chi connectivity index (χ1) is 25.9. The lowest BCUT2D eigenvalue weighted by atomic mass is 9.43. The summed E-state index contributed by atoms with van der Waals surface area (Å²) in [5.74, 6) is -4.06. The molecule has 2 aliphatic heterocycles. The maximum atomic E-state index is 13.4. The third-order valence-electron chi connectivity index (χ3n) is 13.4. The third-order valence-corrected chi connectivity index (χ3v) is 13.4. The Labute approximate surface area is 320 Å². The monoisotopic (exact) mass is 782 g/mol. The number of carboxylic acids is 1. The Bertz CT molecular complexity index is 1470. The second-order valence-electron chi connectivity index (χ2n) is 17.4. The maximum absolute atomic E-state index is 13.4. The smallest absolute Gasteiger partial charge is 0.306 e. The van der Waals surface area contributed by atoms with Crippen molar-refractivity contribution >= 4 is 23.9 Å². The van der Waals surface area contributed by atoms with E-state index in [1.54, 1.807) is 0 Å². The summed E-state index contributed by atoms with van der Waals surface area (Å²) < 4.78 is 41.8. The molecule has 0 amide bonds. The van der Waals surface area contributed by atoms with Crippen LogP contribution >= 0.6 is 0 Å². The van der Waals surface area contributed by atoms with E-state index in [0.717, 1.165) is 31.8 Å². The molecule has 0 unspecified atom stereocenters.